The molecular formula is C14H10ClF2NO. The van der Waals surface area contributed by atoms with E-state index in [0.29, 0.717) is 5.56 Å². The molecule has 2 aromatic rings. The highest BCUT2D eigenvalue weighted by atomic mass is 35.5. The molecule has 0 saturated heterocycles. The van der Waals surface area contributed by atoms with Gasteiger partial charge in [0.25, 0.3) is 5.91 Å². The van der Waals surface area contributed by atoms with Crippen LogP contribution in [0.15, 0.2) is 36.4 Å². The summed E-state index contributed by atoms with van der Waals surface area (Å²) < 4.78 is 26.6. The molecule has 0 bridgehead atoms. The number of nitrogens with one attached hydrogen (secondary N) is 1. The Morgan fingerprint density at radius 3 is 2.53 bits per heavy atom. The van der Waals surface area contributed by atoms with Crippen molar-refractivity contribution in [3.8, 4) is 0 Å². The molecule has 0 aromatic heterocycles. The number of halogens is 3. The number of hydrogen-bond acceptors (Lipinski definition) is 1. The van der Waals surface area contributed by atoms with Gasteiger partial charge in [0.2, 0.25) is 0 Å². The Balaban J connectivity index is 2.28. The third-order valence-electron chi connectivity index (χ3n) is 2.62. The van der Waals surface area contributed by atoms with Gasteiger partial charge < -0.3 is 5.32 Å². The monoisotopic (exact) mass is 281 g/mol. The molecule has 0 spiro atoms. The van der Waals surface area contributed by atoms with Gasteiger partial charge in [-0.15, -0.1) is 0 Å². The van der Waals surface area contributed by atoms with Gasteiger partial charge in [0.1, 0.15) is 11.6 Å². The topological polar surface area (TPSA) is 29.1 Å². The van der Waals surface area contributed by atoms with Crippen LogP contribution in [0.3, 0.4) is 0 Å². The number of carbonyl (C=O) groups excluding carboxylic acids is 1. The van der Waals surface area contributed by atoms with Crippen LogP contribution in [0.4, 0.5) is 14.5 Å². The van der Waals surface area contributed by atoms with E-state index in [9.17, 15) is 13.6 Å². The first kappa shape index (κ1) is 13.5. The number of anilines is 1. The van der Waals surface area contributed by atoms with Crippen molar-refractivity contribution in [3.05, 3.63) is 64.2 Å². The number of aryl methyl sites for hydroxylation is 1. The fourth-order valence-corrected chi connectivity index (χ4v) is 1.80. The number of benzene rings is 2. The standard InChI is InChI=1S/C14H10ClF2NO/c1-8-7-9(5-6-11(8)16)14(19)18-13-10(15)3-2-4-12(13)17/h2-7H,1H3,(H,18,19). The van der Waals surface area contributed by atoms with Crippen molar-refractivity contribution in [2.24, 2.45) is 0 Å². The van der Waals surface area contributed by atoms with Crippen LogP contribution in [-0.2, 0) is 0 Å². The van der Waals surface area contributed by atoms with Gasteiger partial charge >= 0.3 is 0 Å². The summed E-state index contributed by atoms with van der Waals surface area (Å²) in [6, 6.07) is 8.00. The van der Waals surface area contributed by atoms with Crippen molar-refractivity contribution in [1.82, 2.24) is 0 Å². The van der Waals surface area contributed by atoms with Gasteiger partial charge in [0, 0.05) is 5.56 Å². The molecule has 2 nitrogen and oxygen atoms in total. The predicted molar refractivity (Wildman–Crippen MR) is 70.5 cm³/mol. The van der Waals surface area contributed by atoms with Crippen LogP contribution in [0.25, 0.3) is 0 Å². The maximum atomic E-state index is 13.5. The molecular weight excluding hydrogens is 272 g/mol. The van der Waals surface area contributed by atoms with Gasteiger partial charge in [-0.2, -0.15) is 0 Å². The second-order valence-electron chi connectivity index (χ2n) is 4.01. The average molecular weight is 282 g/mol. The summed E-state index contributed by atoms with van der Waals surface area (Å²) in [5.41, 5.74) is 0.488. The third-order valence-corrected chi connectivity index (χ3v) is 2.94. The summed E-state index contributed by atoms with van der Waals surface area (Å²) in [5.74, 6) is -1.57. The zero-order valence-electron chi connectivity index (χ0n) is 10.0. The lowest BCUT2D eigenvalue weighted by atomic mass is 10.1. The number of rotatable bonds is 2. The van der Waals surface area contributed by atoms with Gasteiger partial charge in [-0.1, -0.05) is 17.7 Å². The second-order valence-corrected chi connectivity index (χ2v) is 4.42. The van der Waals surface area contributed by atoms with E-state index in [-0.39, 0.29) is 16.3 Å². The molecule has 1 N–H and O–H groups in total. The fraction of sp³-hybridized carbons (Fsp3) is 0.0714. The summed E-state index contributed by atoms with van der Waals surface area (Å²) in [7, 11) is 0. The summed E-state index contributed by atoms with van der Waals surface area (Å²) in [6.45, 7) is 1.54. The molecule has 0 atom stereocenters. The molecule has 5 heteroatoms. The number of hydrogen-bond donors (Lipinski definition) is 1. The van der Waals surface area contributed by atoms with E-state index in [1.807, 2.05) is 0 Å². The molecule has 1 amide bonds. The molecule has 98 valence electrons. The van der Waals surface area contributed by atoms with Crippen molar-refractivity contribution in [2.75, 3.05) is 5.32 Å². The number of carbonyl (C=O) groups is 1. The van der Waals surface area contributed by atoms with E-state index in [0.717, 1.165) is 0 Å². The van der Waals surface area contributed by atoms with Gasteiger partial charge in [0.05, 0.1) is 10.7 Å². The van der Waals surface area contributed by atoms with Crippen LogP contribution in [0.2, 0.25) is 5.02 Å². The van der Waals surface area contributed by atoms with Crippen molar-refractivity contribution < 1.29 is 13.6 Å². The fourth-order valence-electron chi connectivity index (χ4n) is 1.59. The third kappa shape index (κ3) is 2.90. The smallest absolute Gasteiger partial charge is 0.255 e. The molecule has 0 radical (unpaired) electrons. The van der Waals surface area contributed by atoms with E-state index >= 15 is 0 Å². The number of para-hydroxylation sites is 1. The predicted octanol–water partition coefficient (Wildman–Crippen LogP) is 4.18. The van der Waals surface area contributed by atoms with Crippen LogP contribution in [0, 0.1) is 18.6 Å². The highest BCUT2D eigenvalue weighted by molar-refractivity contribution is 6.33. The van der Waals surface area contributed by atoms with E-state index in [1.165, 1.54) is 36.4 Å². The Hall–Kier alpha value is -1.94. The van der Waals surface area contributed by atoms with Crippen molar-refractivity contribution in [2.45, 2.75) is 6.92 Å². The van der Waals surface area contributed by atoms with Gasteiger partial charge in [0.15, 0.2) is 0 Å². The van der Waals surface area contributed by atoms with Gasteiger partial charge in [-0.25, -0.2) is 8.78 Å². The quantitative estimate of drug-likeness (QED) is 0.879. The first-order valence-electron chi connectivity index (χ1n) is 5.50. The minimum atomic E-state index is -0.625. The highest BCUT2D eigenvalue weighted by Gasteiger charge is 2.13. The Kier molecular flexibility index (Phi) is 3.81. The van der Waals surface area contributed by atoms with Crippen LogP contribution in [0.1, 0.15) is 15.9 Å². The second kappa shape index (κ2) is 5.36. The largest absolute Gasteiger partial charge is 0.318 e. The molecule has 0 fully saturated rings. The first-order valence-corrected chi connectivity index (χ1v) is 5.88. The summed E-state index contributed by atoms with van der Waals surface area (Å²) in [4.78, 5) is 11.9. The zero-order valence-corrected chi connectivity index (χ0v) is 10.8. The number of amides is 1. The van der Waals surface area contributed by atoms with Crippen molar-refractivity contribution in [3.63, 3.8) is 0 Å². The molecule has 0 unspecified atom stereocenters. The summed E-state index contributed by atoms with van der Waals surface area (Å²) >= 11 is 5.80. The molecule has 2 aromatic carbocycles. The first-order chi connectivity index (χ1) is 8.99. The van der Waals surface area contributed by atoms with E-state index < -0.39 is 17.5 Å². The summed E-state index contributed by atoms with van der Waals surface area (Å²) in [6.07, 6.45) is 0. The lowest BCUT2D eigenvalue weighted by Gasteiger charge is -2.08. The normalized spacial score (nSPS) is 10.3. The van der Waals surface area contributed by atoms with E-state index in [4.69, 9.17) is 11.6 Å². The van der Waals surface area contributed by atoms with Crippen LogP contribution in [-0.4, -0.2) is 5.91 Å². The summed E-state index contributed by atoms with van der Waals surface area (Å²) in [5, 5.41) is 2.48. The highest BCUT2D eigenvalue weighted by Crippen LogP contribution is 2.25. The minimum absolute atomic E-state index is 0.0869. The molecule has 0 saturated carbocycles. The van der Waals surface area contributed by atoms with E-state index in [2.05, 4.69) is 5.32 Å². The zero-order chi connectivity index (χ0) is 14.0. The van der Waals surface area contributed by atoms with E-state index in [1.54, 1.807) is 6.92 Å². The van der Waals surface area contributed by atoms with Crippen LogP contribution >= 0.6 is 11.6 Å². The van der Waals surface area contributed by atoms with Crippen molar-refractivity contribution in [1.29, 1.82) is 0 Å². The molecule has 2 rings (SSSR count). The Labute approximate surface area is 114 Å². The van der Waals surface area contributed by atoms with Gasteiger partial charge in [-0.3, -0.25) is 4.79 Å². The van der Waals surface area contributed by atoms with Crippen LogP contribution in [0.5, 0.6) is 0 Å². The Bertz CT molecular complexity index is 623. The lowest BCUT2D eigenvalue weighted by molar-refractivity contribution is 0.102. The lowest BCUT2D eigenvalue weighted by Crippen LogP contribution is -2.13. The van der Waals surface area contributed by atoms with Gasteiger partial charge in [-0.05, 0) is 42.8 Å². The molecule has 0 heterocycles. The maximum absolute atomic E-state index is 13.5. The minimum Gasteiger partial charge on any atom is -0.318 e. The average Bonchev–Trinajstić information content (AvgIpc) is 2.37. The molecule has 0 aliphatic rings. The molecule has 19 heavy (non-hydrogen) atoms. The van der Waals surface area contributed by atoms with Crippen LogP contribution < -0.4 is 5.32 Å². The Morgan fingerprint density at radius 2 is 1.89 bits per heavy atom. The molecule has 0 aliphatic heterocycles. The molecule has 0 aliphatic carbocycles. The van der Waals surface area contributed by atoms with Crippen molar-refractivity contribution >= 4 is 23.2 Å². The SMILES string of the molecule is Cc1cc(C(=O)Nc2c(F)cccc2Cl)ccc1F. The maximum Gasteiger partial charge on any atom is 0.255 e. The Morgan fingerprint density at radius 1 is 1.16 bits per heavy atom.